The number of fused-ring (bicyclic) bond motifs is 1. The lowest BCUT2D eigenvalue weighted by Crippen LogP contribution is -2.13. The van der Waals surface area contributed by atoms with Crippen molar-refractivity contribution in [2.24, 2.45) is 12.0 Å². The van der Waals surface area contributed by atoms with Crippen molar-refractivity contribution in [2.45, 2.75) is 13.8 Å². The lowest BCUT2D eigenvalue weighted by molar-refractivity contribution is 0.0998. The van der Waals surface area contributed by atoms with Crippen molar-refractivity contribution in [3.8, 4) is 0 Å². The minimum Gasteiger partial charge on any atom is -0.319 e. The van der Waals surface area contributed by atoms with Crippen LogP contribution in [0.15, 0.2) is 47.5 Å². The van der Waals surface area contributed by atoms with Crippen molar-refractivity contribution in [3.05, 3.63) is 64.0 Å². The summed E-state index contributed by atoms with van der Waals surface area (Å²) in [6.07, 6.45) is 0. The molecule has 0 saturated heterocycles. The van der Waals surface area contributed by atoms with Gasteiger partial charge in [-0.05, 0) is 43.7 Å². The van der Waals surface area contributed by atoms with Crippen LogP contribution in [-0.4, -0.2) is 10.5 Å². The van der Waals surface area contributed by atoms with Crippen molar-refractivity contribution < 1.29 is 4.79 Å². The second-order valence-electron chi connectivity index (χ2n) is 5.20. The van der Waals surface area contributed by atoms with E-state index in [1.54, 1.807) is 17.4 Å². The molecule has 0 fully saturated rings. The number of hydrogen-bond acceptors (Lipinski definition) is 2. The molecule has 3 aromatic rings. The van der Waals surface area contributed by atoms with Gasteiger partial charge in [0, 0.05) is 12.6 Å². The van der Waals surface area contributed by atoms with Gasteiger partial charge in [-0.2, -0.15) is 4.99 Å². The molecule has 21 heavy (non-hydrogen) atoms. The van der Waals surface area contributed by atoms with Crippen LogP contribution in [0.1, 0.15) is 21.5 Å². The monoisotopic (exact) mass is 296 g/mol. The Hall–Kier alpha value is -2.20. The van der Waals surface area contributed by atoms with Crippen LogP contribution in [0.5, 0.6) is 0 Å². The zero-order chi connectivity index (χ0) is 15.0. The fraction of sp³-hybridized carbons (Fsp3) is 0.176. The van der Waals surface area contributed by atoms with Crippen molar-refractivity contribution in [1.82, 2.24) is 4.57 Å². The molecule has 0 saturated carbocycles. The number of carbonyl (C=O) groups is 1. The number of aromatic nitrogens is 1. The van der Waals surface area contributed by atoms with Gasteiger partial charge < -0.3 is 4.57 Å². The molecule has 0 radical (unpaired) electrons. The molecule has 3 nitrogen and oxygen atoms in total. The lowest BCUT2D eigenvalue weighted by Gasteiger charge is -1.97. The van der Waals surface area contributed by atoms with E-state index < -0.39 is 0 Å². The van der Waals surface area contributed by atoms with Crippen LogP contribution < -0.4 is 4.80 Å². The maximum Gasteiger partial charge on any atom is 0.279 e. The molecule has 106 valence electrons. The van der Waals surface area contributed by atoms with Gasteiger partial charge in [0.25, 0.3) is 5.91 Å². The van der Waals surface area contributed by atoms with E-state index in [1.807, 2.05) is 36.7 Å². The molecule has 0 atom stereocenters. The Bertz CT molecular complexity index is 903. The summed E-state index contributed by atoms with van der Waals surface area (Å²) in [5.74, 6) is -0.197. The largest absolute Gasteiger partial charge is 0.319 e. The molecule has 2 aromatic carbocycles. The first kappa shape index (κ1) is 13.8. The van der Waals surface area contributed by atoms with E-state index in [9.17, 15) is 4.79 Å². The lowest BCUT2D eigenvalue weighted by atomic mass is 10.1. The Kier molecular flexibility index (Phi) is 3.47. The van der Waals surface area contributed by atoms with Crippen LogP contribution in [0.2, 0.25) is 0 Å². The summed E-state index contributed by atoms with van der Waals surface area (Å²) in [7, 11) is 1.94. The average Bonchev–Trinajstić information content (AvgIpc) is 2.74. The number of rotatable bonds is 1. The van der Waals surface area contributed by atoms with Gasteiger partial charge in [0.05, 0.1) is 10.2 Å². The third-order valence-corrected chi connectivity index (χ3v) is 4.52. The van der Waals surface area contributed by atoms with Crippen LogP contribution >= 0.6 is 11.3 Å². The van der Waals surface area contributed by atoms with Crippen molar-refractivity contribution in [2.75, 3.05) is 0 Å². The summed E-state index contributed by atoms with van der Waals surface area (Å²) in [6.45, 7) is 4.03. The van der Waals surface area contributed by atoms with E-state index in [-0.39, 0.29) is 5.91 Å². The number of benzene rings is 2. The van der Waals surface area contributed by atoms with Crippen LogP contribution in [0.25, 0.3) is 10.2 Å². The van der Waals surface area contributed by atoms with E-state index in [0.29, 0.717) is 5.56 Å². The molecule has 1 heterocycles. The first-order valence-electron chi connectivity index (χ1n) is 6.76. The first-order chi connectivity index (χ1) is 10.0. The Morgan fingerprint density at radius 1 is 1.10 bits per heavy atom. The van der Waals surface area contributed by atoms with E-state index in [1.165, 1.54) is 5.56 Å². The summed E-state index contributed by atoms with van der Waals surface area (Å²) < 4.78 is 3.11. The fourth-order valence-electron chi connectivity index (χ4n) is 2.28. The zero-order valence-electron chi connectivity index (χ0n) is 12.3. The van der Waals surface area contributed by atoms with Crippen LogP contribution in [0.4, 0.5) is 0 Å². The maximum atomic E-state index is 12.3. The number of nitrogens with zero attached hydrogens (tertiary/aromatic N) is 2. The summed E-state index contributed by atoms with van der Waals surface area (Å²) >= 11 is 1.54. The van der Waals surface area contributed by atoms with Gasteiger partial charge in [0.2, 0.25) is 0 Å². The second kappa shape index (κ2) is 5.30. The Balaban J connectivity index is 2.11. The number of aryl methyl sites for hydroxylation is 3. The van der Waals surface area contributed by atoms with Gasteiger partial charge >= 0.3 is 0 Å². The third-order valence-electron chi connectivity index (χ3n) is 3.43. The summed E-state index contributed by atoms with van der Waals surface area (Å²) in [6, 6.07) is 13.8. The van der Waals surface area contributed by atoms with E-state index in [4.69, 9.17) is 0 Å². The molecule has 1 amide bonds. The molecule has 3 rings (SSSR count). The molecule has 4 heteroatoms. The highest BCUT2D eigenvalue weighted by atomic mass is 32.1. The molecular weight excluding hydrogens is 280 g/mol. The molecular formula is C17H16N2OS. The molecule has 0 aliphatic carbocycles. The fourth-order valence-corrected chi connectivity index (χ4v) is 3.39. The van der Waals surface area contributed by atoms with Crippen molar-refractivity contribution in [1.29, 1.82) is 0 Å². The van der Waals surface area contributed by atoms with E-state index >= 15 is 0 Å². The number of carbonyl (C=O) groups excluding carboxylic acids is 1. The smallest absolute Gasteiger partial charge is 0.279 e. The quantitative estimate of drug-likeness (QED) is 0.675. The summed E-state index contributed by atoms with van der Waals surface area (Å²) in [5.41, 5.74) is 4.00. The van der Waals surface area contributed by atoms with Crippen LogP contribution in [0, 0.1) is 13.8 Å². The average molecular weight is 296 g/mol. The van der Waals surface area contributed by atoms with E-state index in [2.05, 4.69) is 30.1 Å². The third kappa shape index (κ3) is 2.67. The normalized spacial score (nSPS) is 12.0. The van der Waals surface area contributed by atoms with Gasteiger partial charge in [-0.15, -0.1) is 0 Å². The van der Waals surface area contributed by atoms with Crippen LogP contribution in [-0.2, 0) is 7.05 Å². The Labute approximate surface area is 127 Å². The SMILES string of the molecule is Cc1cccc(C(=O)N=c2sc3cc(C)ccc3n2C)c1. The number of hydrogen-bond donors (Lipinski definition) is 0. The highest BCUT2D eigenvalue weighted by molar-refractivity contribution is 7.16. The highest BCUT2D eigenvalue weighted by Gasteiger charge is 2.07. The standard InChI is InChI=1S/C17H16N2OS/c1-11-5-4-6-13(9-11)16(20)18-17-19(3)14-8-7-12(2)10-15(14)21-17/h4-10H,1-3H3. The predicted octanol–water partition coefficient (Wildman–Crippen LogP) is 3.60. The van der Waals surface area contributed by atoms with Gasteiger partial charge in [-0.25, -0.2) is 0 Å². The molecule has 0 aliphatic heterocycles. The Morgan fingerprint density at radius 3 is 2.62 bits per heavy atom. The minimum atomic E-state index is -0.197. The molecule has 0 aliphatic rings. The maximum absolute atomic E-state index is 12.3. The van der Waals surface area contributed by atoms with E-state index in [0.717, 1.165) is 20.6 Å². The van der Waals surface area contributed by atoms with Gasteiger partial charge in [0.15, 0.2) is 4.80 Å². The second-order valence-corrected chi connectivity index (χ2v) is 6.21. The number of amides is 1. The zero-order valence-corrected chi connectivity index (χ0v) is 13.1. The molecule has 0 bridgehead atoms. The molecule has 0 N–H and O–H groups in total. The van der Waals surface area contributed by atoms with Gasteiger partial charge in [0.1, 0.15) is 0 Å². The highest BCUT2D eigenvalue weighted by Crippen LogP contribution is 2.18. The first-order valence-corrected chi connectivity index (χ1v) is 7.58. The van der Waals surface area contributed by atoms with Gasteiger partial charge in [-0.1, -0.05) is 35.1 Å². The topological polar surface area (TPSA) is 34.4 Å². The van der Waals surface area contributed by atoms with Crippen molar-refractivity contribution >= 4 is 27.5 Å². The Morgan fingerprint density at radius 2 is 1.86 bits per heavy atom. The molecule has 0 unspecified atom stereocenters. The van der Waals surface area contributed by atoms with Crippen molar-refractivity contribution in [3.63, 3.8) is 0 Å². The number of thiazole rings is 1. The van der Waals surface area contributed by atoms with Gasteiger partial charge in [-0.3, -0.25) is 4.79 Å². The minimum absolute atomic E-state index is 0.197. The molecule has 1 aromatic heterocycles. The predicted molar refractivity (Wildman–Crippen MR) is 86.6 cm³/mol. The molecule has 0 spiro atoms. The summed E-state index contributed by atoms with van der Waals surface area (Å²) in [5, 5.41) is 0. The summed E-state index contributed by atoms with van der Waals surface area (Å²) in [4.78, 5) is 17.3. The van der Waals surface area contributed by atoms with Crippen LogP contribution in [0.3, 0.4) is 0 Å².